The molecule has 2 rings (SSSR count). The van der Waals surface area contributed by atoms with E-state index in [9.17, 15) is 14.0 Å². The van der Waals surface area contributed by atoms with E-state index in [1.165, 1.54) is 12.1 Å². The summed E-state index contributed by atoms with van der Waals surface area (Å²) in [5.41, 5.74) is 1.52. The Morgan fingerprint density at radius 3 is 2.28 bits per heavy atom. The van der Waals surface area contributed by atoms with Crippen LogP contribution in [0.3, 0.4) is 0 Å². The molecule has 2 aromatic rings. The summed E-state index contributed by atoms with van der Waals surface area (Å²) in [4.78, 5) is 26.8. The Morgan fingerprint density at radius 1 is 1.08 bits per heavy atom. The molecule has 0 spiro atoms. The van der Waals surface area contributed by atoms with Crippen LogP contribution in [-0.2, 0) is 16.1 Å². The van der Waals surface area contributed by atoms with Crippen LogP contribution >= 0.6 is 0 Å². The third kappa shape index (κ3) is 4.89. The van der Waals surface area contributed by atoms with E-state index in [0.29, 0.717) is 12.8 Å². The van der Waals surface area contributed by atoms with Gasteiger partial charge >= 0.3 is 0 Å². The number of carbonyl (C=O) groups excluding carboxylic acids is 2. The molecule has 0 aromatic heterocycles. The number of likely N-dealkylation sites (N-methyl/N-ethyl adjacent to an activating group) is 1. The number of carbonyl (C=O) groups is 2. The molecule has 0 saturated carbocycles. The standard InChI is InChI=1S/C20H23FN2O2/c1-3-7-18(24)23(14-15-10-12-17(21)13-11-15)19(20(25)22-2)16-8-5-4-6-9-16/h4-6,8-13,19H,3,7,14H2,1-2H3,(H,22,25). The quantitative estimate of drug-likeness (QED) is 0.838. The molecule has 0 fully saturated rings. The molecule has 4 nitrogen and oxygen atoms in total. The number of hydrogen-bond donors (Lipinski definition) is 1. The van der Waals surface area contributed by atoms with Crippen molar-refractivity contribution in [1.29, 1.82) is 0 Å². The first kappa shape index (κ1) is 18.6. The Morgan fingerprint density at radius 2 is 1.72 bits per heavy atom. The lowest BCUT2D eigenvalue weighted by Crippen LogP contribution is -2.42. The van der Waals surface area contributed by atoms with Crippen LogP contribution in [-0.4, -0.2) is 23.8 Å². The largest absolute Gasteiger partial charge is 0.357 e. The Kier molecular flexibility index (Phi) is 6.69. The molecule has 2 aromatic carbocycles. The van der Waals surface area contributed by atoms with Gasteiger partial charge in [-0.1, -0.05) is 49.4 Å². The molecule has 5 heteroatoms. The monoisotopic (exact) mass is 342 g/mol. The van der Waals surface area contributed by atoms with Gasteiger partial charge in [-0.2, -0.15) is 0 Å². The summed E-state index contributed by atoms with van der Waals surface area (Å²) >= 11 is 0. The molecular formula is C20H23FN2O2. The SMILES string of the molecule is CCCC(=O)N(Cc1ccc(F)cc1)C(C(=O)NC)c1ccccc1. The first-order chi connectivity index (χ1) is 12.1. The molecule has 0 saturated heterocycles. The highest BCUT2D eigenvalue weighted by atomic mass is 19.1. The molecule has 0 aliphatic heterocycles. The van der Waals surface area contributed by atoms with Crippen molar-refractivity contribution in [2.24, 2.45) is 0 Å². The number of hydrogen-bond acceptors (Lipinski definition) is 2. The normalized spacial score (nSPS) is 11.6. The van der Waals surface area contributed by atoms with E-state index >= 15 is 0 Å². The highest BCUT2D eigenvalue weighted by molar-refractivity contribution is 5.88. The number of benzene rings is 2. The molecular weight excluding hydrogens is 319 g/mol. The topological polar surface area (TPSA) is 49.4 Å². The van der Waals surface area contributed by atoms with E-state index < -0.39 is 6.04 Å². The van der Waals surface area contributed by atoms with E-state index in [1.54, 1.807) is 24.1 Å². The lowest BCUT2D eigenvalue weighted by atomic mass is 10.0. The van der Waals surface area contributed by atoms with Gasteiger partial charge in [-0.25, -0.2) is 4.39 Å². The van der Waals surface area contributed by atoms with Gasteiger partial charge in [-0.05, 0) is 29.7 Å². The fourth-order valence-corrected chi connectivity index (χ4v) is 2.71. The van der Waals surface area contributed by atoms with Gasteiger partial charge in [-0.3, -0.25) is 9.59 Å². The molecule has 1 unspecified atom stereocenters. The van der Waals surface area contributed by atoms with Crippen LogP contribution in [0.15, 0.2) is 54.6 Å². The maximum absolute atomic E-state index is 13.2. The number of rotatable bonds is 7. The fourth-order valence-electron chi connectivity index (χ4n) is 2.71. The van der Waals surface area contributed by atoms with Crippen molar-refractivity contribution < 1.29 is 14.0 Å². The summed E-state index contributed by atoms with van der Waals surface area (Å²) in [5.74, 6) is -0.692. The van der Waals surface area contributed by atoms with E-state index in [1.807, 2.05) is 37.3 Å². The summed E-state index contributed by atoms with van der Waals surface area (Å²) in [6.07, 6.45) is 1.04. The zero-order valence-electron chi connectivity index (χ0n) is 14.5. The van der Waals surface area contributed by atoms with Crippen LogP contribution in [0, 0.1) is 5.82 Å². The van der Waals surface area contributed by atoms with Crippen LogP contribution in [0.2, 0.25) is 0 Å². The molecule has 1 atom stereocenters. The Labute approximate surface area is 147 Å². The van der Waals surface area contributed by atoms with Crippen molar-refractivity contribution in [3.05, 3.63) is 71.5 Å². The zero-order valence-corrected chi connectivity index (χ0v) is 14.5. The van der Waals surface area contributed by atoms with Gasteiger partial charge in [0, 0.05) is 20.0 Å². The van der Waals surface area contributed by atoms with Gasteiger partial charge in [0.2, 0.25) is 11.8 Å². The second-order valence-corrected chi connectivity index (χ2v) is 5.83. The van der Waals surface area contributed by atoms with Crippen molar-refractivity contribution in [2.45, 2.75) is 32.4 Å². The van der Waals surface area contributed by atoms with E-state index in [4.69, 9.17) is 0 Å². The predicted molar refractivity (Wildman–Crippen MR) is 95.1 cm³/mol. The lowest BCUT2D eigenvalue weighted by Gasteiger charge is -2.31. The Balaban J connectivity index is 2.40. The Hall–Kier alpha value is -2.69. The average Bonchev–Trinajstić information content (AvgIpc) is 2.63. The summed E-state index contributed by atoms with van der Waals surface area (Å²) in [6.45, 7) is 2.16. The average molecular weight is 342 g/mol. The number of amides is 2. The zero-order chi connectivity index (χ0) is 18.2. The van der Waals surface area contributed by atoms with Crippen molar-refractivity contribution in [3.63, 3.8) is 0 Å². The summed E-state index contributed by atoms with van der Waals surface area (Å²) in [5, 5.41) is 2.64. The molecule has 0 radical (unpaired) electrons. The van der Waals surface area contributed by atoms with Gasteiger partial charge in [0.05, 0.1) is 0 Å². The van der Waals surface area contributed by atoms with E-state index in [0.717, 1.165) is 11.1 Å². The van der Waals surface area contributed by atoms with Crippen molar-refractivity contribution in [3.8, 4) is 0 Å². The number of halogens is 1. The highest BCUT2D eigenvalue weighted by Crippen LogP contribution is 2.24. The highest BCUT2D eigenvalue weighted by Gasteiger charge is 2.30. The van der Waals surface area contributed by atoms with Crippen LogP contribution in [0.4, 0.5) is 4.39 Å². The van der Waals surface area contributed by atoms with E-state index in [-0.39, 0.29) is 24.2 Å². The minimum absolute atomic E-state index is 0.107. The van der Waals surface area contributed by atoms with E-state index in [2.05, 4.69) is 5.32 Å². The molecule has 1 N–H and O–H groups in total. The predicted octanol–water partition coefficient (Wildman–Crippen LogP) is 3.44. The Bertz CT molecular complexity index is 701. The van der Waals surface area contributed by atoms with Crippen molar-refractivity contribution in [1.82, 2.24) is 10.2 Å². The van der Waals surface area contributed by atoms with Crippen molar-refractivity contribution >= 4 is 11.8 Å². The number of nitrogens with one attached hydrogen (secondary N) is 1. The minimum atomic E-state index is -0.727. The van der Waals surface area contributed by atoms with Gasteiger partial charge < -0.3 is 10.2 Å². The summed E-state index contributed by atoms with van der Waals surface area (Å²) in [6, 6.07) is 14.5. The molecule has 0 heterocycles. The van der Waals surface area contributed by atoms with Gasteiger partial charge in [0.1, 0.15) is 11.9 Å². The summed E-state index contributed by atoms with van der Waals surface area (Å²) in [7, 11) is 1.55. The molecule has 0 bridgehead atoms. The van der Waals surface area contributed by atoms with Crippen LogP contribution in [0.25, 0.3) is 0 Å². The smallest absolute Gasteiger partial charge is 0.247 e. The molecule has 25 heavy (non-hydrogen) atoms. The molecule has 132 valence electrons. The minimum Gasteiger partial charge on any atom is -0.357 e. The second kappa shape index (κ2) is 8.97. The van der Waals surface area contributed by atoms with Crippen LogP contribution in [0.5, 0.6) is 0 Å². The lowest BCUT2D eigenvalue weighted by molar-refractivity contribution is -0.141. The first-order valence-electron chi connectivity index (χ1n) is 8.37. The molecule has 0 aliphatic rings. The maximum atomic E-state index is 13.2. The van der Waals surface area contributed by atoms with Gasteiger partial charge in [0.15, 0.2) is 0 Å². The maximum Gasteiger partial charge on any atom is 0.247 e. The third-order valence-electron chi connectivity index (χ3n) is 3.97. The van der Waals surface area contributed by atoms with Gasteiger partial charge in [0.25, 0.3) is 0 Å². The molecule has 0 aliphatic carbocycles. The fraction of sp³-hybridized carbons (Fsp3) is 0.300. The third-order valence-corrected chi connectivity index (χ3v) is 3.97. The van der Waals surface area contributed by atoms with Crippen LogP contribution in [0.1, 0.15) is 36.9 Å². The van der Waals surface area contributed by atoms with Crippen molar-refractivity contribution in [2.75, 3.05) is 7.05 Å². The number of nitrogens with zero attached hydrogens (tertiary/aromatic N) is 1. The molecule has 2 amide bonds. The van der Waals surface area contributed by atoms with Gasteiger partial charge in [-0.15, -0.1) is 0 Å². The first-order valence-corrected chi connectivity index (χ1v) is 8.37. The summed E-state index contributed by atoms with van der Waals surface area (Å²) < 4.78 is 13.2. The van der Waals surface area contributed by atoms with Crippen LogP contribution < -0.4 is 5.32 Å². The second-order valence-electron chi connectivity index (χ2n) is 5.83.